The number of carbonyl (C=O) groups excluding carboxylic acids is 1. The van der Waals surface area contributed by atoms with Crippen molar-refractivity contribution in [3.05, 3.63) is 58.8 Å². The Bertz CT molecular complexity index is 851. The van der Waals surface area contributed by atoms with Gasteiger partial charge < -0.3 is 9.30 Å². The number of nitrogens with zero attached hydrogens (tertiary/aromatic N) is 1. The van der Waals surface area contributed by atoms with Gasteiger partial charge in [-0.15, -0.1) is 0 Å². The number of hydrogen-bond acceptors (Lipinski definition) is 3. The minimum Gasteiger partial charge on any atom is -0.466 e. The largest absolute Gasteiger partial charge is 0.466 e. The molecule has 0 saturated heterocycles. The van der Waals surface area contributed by atoms with E-state index >= 15 is 0 Å². The van der Waals surface area contributed by atoms with E-state index in [2.05, 4.69) is 4.57 Å². The van der Waals surface area contributed by atoms with Gasteiger partial charge in [0.25, 0.3) is 0 Å². The molecule has 3 aromatic rings. The van der Waals surface area contributed by atoms with Crippen LogP contribution in [0.5, 0.6) is 0 Å². The van der Waals surface area contributed by atoms with Gasteiger partial charge in [0.1, 0.15) is 0 Å². The molecular formula is C19H19NO3. The molecule has 0 bridgehead atoms. The fourth-order valence-electron chi connectivity index (χ4n) is 2.91. The molecule has 0 aliphatic carbocycles. The Morgan fingerprint density at radius 3 is 2.09 bits per heavy atom. The highest BCUT2D eigenvalue weighted by molar-refractivity contribution is 5.93. The number of fused-ring (bicyclic) bond motifs is 2. The normalized spacial score (nSPS) is 11.0. The van der Waals surface area contributed by atoms with Crippen molar-refractivity contribution in [3.8, 4) is 0 Å². The van der Waals surface area contributed by atoms with Crippen LogP contribution in [0.25, 0.3) is 21.8 Å². The molecule has 0 N–H and O–H groups in total. The van der Waals surface area contributed by atoms with E-state index < -0.39 is 0 Å². The maximum atomic E-state index is 12.6. The number of ether oxygens (including phenoxy) is 1. The fraction of sp³-hybridized carbons (Fsp3) is 0.263. The third-order valence-corrected chi connectivity index (χ3v) is 3.96. The molecule has 0 aliphatic rings. The molecule has 23 heavy (non-hydrogen) atoms. The molecule has 0 amide bonds. The van der Waals surface area contributed by atoms with Crippen LogP contribution < -0.4 is 5.43 Å². The highest BCUT2D eigenvalue weighted by Gasteiger charge is 2.09. The smallest absolute Gasteiger partial charge is 0.302 e. The van der Waals surface area contributed by atoms with Gasteiger partial charge in [-0.3, -0.25) is 9.59 Å². The van der Waals surface area contributed by atoms with Crippen LogP contribution in [0.3, 0.4) is 0 Å². The topological polar surface area (TPSA) is 48.3 Å². The lowest BCUT2D eigenvalue weighted by molar-refractivity contribution is -0.141. The predicted octanol–water partition coefficient (Wildman–Crippen LogP) is 3.50. The number of para-hydroxylation sites is 2. The van der Waals surface area contributed by atoms with Gasteiger partial charge in [0, 0.05) is 24.2 Å². The second-order valence-corrected chi connectivity index (χ2v) is 5.56. The molecule has 3 rings (SSSR count). The summed E-state index contributed by atoms with van der Waals surface area (Å²) in [6.07, 6.45) is 1.68. The molecule has 0 radical (unpaired) electrons. The SMILES string of the molecule is CC(=O)OCCCCn1c2ccccc2c(=O)c2ccccc21. The van der Waals surface area contributed by atoms with Crippen molar-refractivity contribution in [2.45, 2.75) is 26.3 Å². The Morgan fingerprint density at radius 2 is 1.52 bits per heavy atom. The fourth-order valence-corrected chi connectivity index (χ4v) is 2.91. The first kappa shape index (κ1) is 15.3. The Hall–Kier alpha value is -2.62. The molecule has 1 heterocycles. The lowest BCUT2D eigenvalue weighted by Gasteiger charge is -2.15. The van der Waals surface area contributed by atoms with Gasteiger partial charge in [0.05, 0.1) is 17.6 Å². The Kier molecular flexibility index (Phi) is 4.42. The van der Waals surface area contributed by atoms with E-state index in [4.69, 9.17) is 4.74 Å². The standard InChI is InChI=1S/C19H19NO3/c1-14(21)23-13-7-6-12-20-17-10-4-2-8-15(17)19(22)16-9-3-5-11-18(16)20/h2-5,8-11H,6-7,12-13H2,1H3. The second-order valence-electron chi connectivity index (χ2n) is 5.56. The van der Waals surface area contributed by atoms with Gasteiger partial charge in [0.15, 0.2) is 5.43 Å². The van der Waals surface area contributed by atoms with Crippen LogP contribution in [-0.4, -0.2) is 17.1 Å². The van der Waals surface area contributed by atoms with E-state index in [-0.39, 0.29) is 11.4 Å². The third kappa shape index (κ3) is 3.11. The van der Waals surface area contributed by atoms with Crippen molar-refractivity contribution in [1.82, 2.24) is 4.57 Å². The van der Waals surface area contributed by atoms with Crippen LogP contribution in [0.1, 0.15) is 19.8 Å². The van der Waals surface area contributed by atoms with Crippen molar-refractivity contribution >= 4 is 27.8 Å². The molecule has 118 valence electrons. The highest BCUT2D eigenvalue weighted by atomic mass is 16.5. The molecule has 4 heteroatoms. The first-order chi connectivity index (χ1) is 11.2. The van der Waals surface area contributed by atoms with Crippen molar-refractivity contribution in [3.63, 3.8) is 0 Å². The summed E-state index contributed by atoms with van der Waals surface area (Å²) >= 11 is 0. The summed E-state index contributed by atoms with van der Waals surface area (Å²) in [5, 5.41) is 1.48. The van der Waals surface area contributed by atoms with E-state index in [0.717, 1.165) is 41.2 Å². The number of unbranched alkanes of at least 4 members (excludes halogenated alkanes) is 1. The molecule has 0 fully saturated rings. The minimum absolute atomic E-state index is 0.0763. The van der Waals surface area contributed by atoms with Crippen LogP contribution in [0.15, 0.2) is 53.3 Å². The van der Waals surface area contributed by atoms with E-state index in [0.29, 0.717) is 6.61 Å². The molecule has 4 nitrogen and oxygen atoms in total. The third-order valence-electron chi connectivity index (χ3n) is 3.96. The van der Waals surface area contributed by atoms with Crippen molar-refractivity contribution < 1.29 is 9.53 Å². The van der Waals surface area contributed by atoms with E-state index in [1.807, 2.05) is 48.5 Å². The van der Waals surface area contributed by atoms with Crippen LogP contribution in [0.4, 0.5) is 0 Å². The molecule has 0 spiro atoms. The number of pyridine rings is 1. The summed E-state index contributed by atoms with van der Waals surface area (Å²) in [6, 6.07) is 15.4. The quantitative estimate of drug-likeness (QED) is 0.412. The maximum Gasteiger partial charge on any atom is 0.302 e. The summed E-state index contributed by atoms with van der Waals surface area (Å²) in [5.74, 6) is -0.246. The van der Waals surface area contributed by atoms with Crippen molar-refractivity contribution in [1.29, 1.82) is 0 Å². The Labute approximate surface area is 134 Å². The predicted molar refractivity (Wildman–Crippen MR) is 91.6 cm³/mol. The summed E-state index contributed by atoms with van der Waals surface area (Å²) in [6.45, 7) is 2.64. The number of benzene rings is 2. The van der Waals surface area contributed by atoms with Gasteiger partial charge in [-0.2, -0.15) is 0 Å². The zero-order chi connectivity index (χ0) is 16.2. The van der Waals surface area contributed by atoms with Crippen LogP contribution in [0, 0.1) is 0 Å². The first-order valence-electron chi connectivity index (χ1n) is 7.82. The summed E-state index contributed by atoms with van der Waals surface area (Å²) in [4.78, 5) is 23.4. The highest BCUT2D eigenvalue weighted by Crippen LogP contribution is 2.19. The maximum absolute atomic E-state index is 12.6. The van der Waals surface area contributed by atoms with Gasteiger partial charge in [-0.05, 0) is 37.1 Å². The van der Waals surface area contributed by atoms with Crippen molar-refractivity contribution in [2.24, 2.45) is 0 Å². The van der Waals surface area contributed by atoms with Gasteiger partial charge >= 0.3 is 5.97 Å². The molecule has 2 aromatic carbocycles. The zero-order valence-electron chi connectivity index (χ0n) is 13.1. The first-order valence-corrected chi connectivity index (χ1v) is 7.82. The minimum atomic E-state index is -0.246. The number of hydrogen-bond donors (Lipinski definition) is 0. The average Bonchev–Trinajstić information content (AvgIpc) is 2.57. The monoisotopic (exact) mass is 309 g/mol. The van der Waals surface area contributed by atoms with E-state index in [9.17, 15) is 9.59 Å². The number of rotatable bonds is 5. The van der Waals surface area contributed by atoms with E-state index in [1.165, 1.54) is 6.92 Å². The van der Waals surface area contributed by atoms with Crippen LogP contribution in [-0.2, 0) is 16.1 Å². The average molecular weight is 309 g/mol. The second kappa shape index (κ2) is 6.65. The lowest BCUT2D eigenvalue weighted by atomic mass is 10.1. The molecular weight excluding hydrogens is 290 g/mol. The summed E-state index contributed by atoms with van der Waals surface area (Å²) in [7, 11) is 0. The van der Waals surface area contributed by atoms with Gasteiger partial charge in [0.2, 0.25) is 0 Å². The van der Waals surface area contributed by atoms with Gasteiger partial charge in [-0.25, -0.2) is 0 Å². The number of esters is 1. The van der Waals surface area contributed by atoms with Crippen LogP contribution in [0.2, 0.25) is 0 Å². The van der Waals surface area contributed by atoms with Crippen LogP contribution >= 0.6 is 0 Å². The summed E-state index contributed by atoms with van der Waals surface area (Å²) < 4.78 is 7.16. The number of aromatic nitrogens is 1. The molecule has 0 unspecified atom stereocenters. The number of carbonyl (C=O) groups is 1. The van der Waals surface area contributed by atoms with Gasteiger partial charge in [-0.1, -0.05) is 24.3 Å². The molecule has 0 aliphatic heterocycles. The Morgan fingerprint density at radius 1 is 0.957 bits per heavy atom. The number of aryl methyl sites for hydroxylation is 1. The Balaban J connectivity index is 1.98. The molecule has 0 atom stereocenters. The van der Waals surface area contributed by atoms with E-state index in [1.54, 1.807) is 0 Å². The molecule has 0 saturated carbocycles. The molecule has 1 aromatic heterocycles. The zero-order valence-corrected chi connectivity index (χ0v) is 13.1. The lowest BCUT2D eigenvalue weighted by Crippen LogP contribution is -2.12. The van der Waals surface area contributed by atoms with Crippen molar-refractivity contribution in [2.75, 3.05) is 6.61 Å². The summed E-state index contributed by atoms with van der Waals surface area (Å²) in [5.41, 5.74) is 1.97.